The summed E-state index contributed by atoms with van der Waals surface area (Å²) in [4.78, 5) is 2.35. The SMILES string of the molecule is CNC(CN(C)CC1CCCO1)c1cc(C)ccc1OC. The number of nitrogens with zero attached hydrogens (tertiary/aromatic N) is 1. The van der Waals surface area contributed by atoms with Crippen molar-refractivity contribution in [2.45, 2.75) is 31.9 Å². The minimum absolute atomic E-state index is 0.256. The van der Waals surface area contributed by atoms with Crippen molar-refractivity contribution in [2.75, 3.05) is 40.9 Å². The molecule has 0 aliphatic carbocycles. The Bertz CT molecular complexity index is 444. The molecule has 1 fully saturated rings. The highest BCUT2D eigenvalue weighted by Gasteiger charge is 2.21. The molecule has 1 aliphatic rings. The number of hydrogen-bond acceptors (Lipinski definition) is 4. The predicted octanol–water partition coefficient (Wildman–Crippen LogP) is 2.37. The number of ether oxygens (including phenoxy) is 2. The molecule has 0 aromatic heterocycles. The third kappa shape index (κ3) is 4.43. The molecule has 2 unspecified atom stereocenters. The zero-order valence-corrected chi connectivity index (χ0v) is 13.7. The van der Waals surface area contributed by atoms with Gasteiger partial charge in [0.2, 0.25) is 0 Å². The Morgan fingerprint density at radius 3 is 2.90 bits per heavy atom. The van der Waals surface area contributed by atoms with Crippen LogP contribution in [0.2, 0.25) is 0 Å². The van der Waals surface area contributed by atoms with Crippen molar-refractivity contribution in [3.05, 3.63) is 29.3 Å². The molecule has 1 saturated heterocycles. The van der Waals surface area contributed by atoms with E-state index >= 15 is 0 Å². The third-order valence-electron chi connectivity index (χ3n) is 4.14. The molecule has 0 saturated carbocycles. The van der Waals surface area contributed by atoms with E-state index in [1.165, 1.54) is 24.0 Å². The van der Waals surface area contributed by atoms with E-state index in [9.17, 15) is 0 Å². The van der Waals surface area contributed by atoms with Crippen LogP contribution < -0.4 is 10.1 Å². The lowest BCUT2D eigenvalue weighted by atomic mass is 10.0. The lowest BCUT2D eigenvalue weighted by Crippen LogP contribution is -2.36. The van der Waals surface area contributed by atoms with E-state index in [1.807, 2.05) is 7.05 Å². The first-order chi connectivity index (χ1) is 10.1. The van der Waals surface area contributed by atoms with Crippen LogP contribution in [0.3, 0.4) is 0 Å². The van der Waals surface area contributed by atoms with Crippen LogP contribution in [0.5, 0.6) is 5.75 Å². The topological polar surface area (TPSA) is 33.7 Å². The van der Waals surface area contributed by atoms with Crippen LogP contribution in [0.1, 0.15) is 30.0 Å². The van der Waals surface area contributed by atoms with Gasteiger partial charge < -0.3 is 19.7 Å². The normalized spacial score (nSPS) is 20.0. The summed E-state index contributed by atoms with van der Waals surface area (Å²) in [5.41, 5.74) is 2.48. The van der Waals surface area contributed by atoms with E-state index in [2.05, 4.69) is 42.4 Å². The number of likely N-dealkylation sites (N-methyl/N-ethyl adjacent to an activating group) is 2. The average Bonchev–Trinajstić information content (AvgIpc) is 2.97. The smallest absolute Gasteiger partial charge is 0.123 e. The fraction of sp³-hybridized carbons (Fsp3) is 0.647. The van der Waals surface area contributed by atoms with Gasteiger partial charge >= 0.3 is 0 Å². The van der Waals surface area contributed by atoms with E-state index in [1.54, 1.807) is 7.11 Å². The fourth-order valence-electron chi connectivity index (χ4n) is 2.99. The number of nitrogens with one attached hydrogen (secondary N) is 1. The van der Waals surface area contributed by atoms with Gasteiger partial charge in [0.15, 0.2) is 0 Å². The summed E-state index contributed by atoms with van der Waals surface area (Å²) in [7, 11) is 5.90. The van der Waals surface area contributed by atoms with Gasteiger partial charge in [-0.3, -0.25) is 0 Å². The van der Waals surface area contributed by atoms with Crippen molar-refractivity contribution < 1.29 is 9.47 Å². The Morgan fingerprint density at radius 1 is 1.48 bits per heavy atom. The first kappa shape index (κ1) is 16.3. The molecule has 4 nitrogen and oxygen atoms in total. The second-order valence-corrected chi connectivity index (χ2v) is 5.94. The van der Waals surface area contributed by atoms with Gasteiger partial charge in [-0.1, -0.05) is 17.7 Å². The largest absolute Gasteiger partial charge is 0.496 e. The van der Waals surface area contributed by atoms with Gasteiger partial charge in [0, 0.05) is 31.3 Å². The lowest BCUT2D eigenvalue weighted by Gasteiger charge is -2.27. The highest BCUT2D eigenvalue weighted by atomic mass is 16.5. The molecule has 21 heavy (non-hydrogen) atoms. The van der Waals surface area contributed by atoms with Gasteiger partial charge in [-0.05, 0) is 39.9 Å². The molecule has 118 valence electrons. The monoisotopic (exact) mass is 292 g/mol. The maximum absolute atomic E-state index is 5.72. The Labute approximate surface area is 128 Å². The molecule has 1 aromatic rings. The Balaban J connectivity index is 2.03. The minimum atomic E-state index is 0.256. The average molecular weight is 292 g/mol. The second-order valence-electron chi connectivity index (χ2n) is 5.94. The van der Waals surface area contributed by atoms with Gasteiger partial charge in [-0.25, -0.2) is 0 Å². The summed E-state index contributed by atoms with van der Waals surface area (Å²) in [6, 6.07) is 6.60. The minimum Gasteiger partial charge on any atom is -0.496 e. The fourth-order valence-corrected chi connectivity index (χ4v) is 2.99. The molecule has 0 bridgehead atoms. The molecule has 0 amide bonds. The highest BCUT2D eigenvalue weighted by molar-refractivity contribution is 5.39. The van der Waals surface area contributed by atoms with Gasteiger partial charge in [0.25, 0.3) is 0 Å². The zero-order valence-electron chi connectivity index (χ0n) is 13.7. The number of aryl methyl sites for hydroxylation is 1. The number of methoxy groups -OCH3 is 1. The van der Waals surface area contributed by atoms with Crippen LogP contribution in [-0.2, 0) is 4.74 Å². The zero-order chi connectivity index (χ0) is 15.2. The summed E-state index contributed by atoms with van der Waals surface area (Å²) in [5, 5.41) is 3.41. The number of benzene rings is 1. The van der Waals surface area contributed by atoms with E-state index in [4.69, 9.17) is 9.47 Å². The van der Waals surface area contributed by atoms with Crippen molar-refractivity contribution in [3.63, 3.8) is 0 Å². The molecule has 2 rings (SSSR count). The summed E-state index contributed by atoms with van der Waals surface area (Å²) >= 11 is 0. The summed E-state index contributed by atoms with van der Waals surface area (Å²) in [6.45, 7) is 4.97. The maximum Gasteiger partial charge on any atom is 0.123 e. The van der Waals surface area contributed by atoms with Crippen LogP contribution in [0.15, 0.2) is 18.2 Å². The van der Waals surface area contributed by atoms with E-state index in [-0.39, 0.29) is 6.04 Å². The van der Waals surface area contributed by atoms with Crippen LogP contribution in [-0.4, -0.2) is 51.9 Å². The molecule has 1 aliphatic heterocycles. The van der Waals surface area contributed by atoms with Crippen molar-refractivity contribution in [1.29, 1.82) is 0 Å². The lowest BCUT2D eigenvalue weighted by molar-refractivity contribution is 0.0786. The van der Waals surface area contributed by atoms with Crippen LogP contribution in [0.4, 0.5) is 0 Å². The molecule has 1 aromatic carbocycles. The molecular formula is C17H28N2O2. The van der Waals surface area contributed by atoms with Gasteiger partial charge in [-0.15, -0.1) is 0 Å². The van der Waals surface area contributed by atoms with E-state index < -0.39 is 0 Å². The summed E-state index contributed by atoms with van der Waals surface area (Å²) < 4.78 is 11.2. The third-order valence-corrected chi connectivity index (χ3v) is 4.14. The molecule has 0 radical (unpaired) electrons. The quantitative estimate of drug-likeness (QED) is 0.836. The Kier molecular flexibility index (Phi) is 6.03. The first-order valence-electron chi connectivity index (χ1n) is 7.76. The summed E-state index contributed by atoms with van der Waals surface area (Å²) in [6.07, 6.45) is 2.77. The number of rotatable bonds is 7. The number of hydrogen-bond donors (Lipinski definition) is 1. The van der Waals surface area contributed by atoms with E-state index in [0.717, 1.165) is 25.4 Å². The Morgan fingerprint density at radius 2 is 2.29 bits per heavy atom. The predicted molar refractivity (Wildman–Crippen MR) is 86.0 cm³/mol. The molecule has 1 heterocycles. The standard InChI is InChI=1S/C17H28N2O2/c1-13-7-8-17(20-4)15(10-13)16(18-2)12-19(3)11-14-6-5-9-21-14/h7-8,10,14,16,18H,5-6,9,11-12H2,1-4H3. The summed E-state index contributed by atoms with van der Waals surface area (Å²) in [5.74, 6) is 0.950. The van der Waals surface area contributed by atoms with Crippen molar-refractivity contribution in [2.24, 2.45) is 0 Å². The molecule has 1 N–H and O–H groups in total. The van der Waals surface area contributed by atoms with Crippen LogP contribution in [0.25, 0.3) is 0 Å². The van der Waals surface area contributed by atoms with Crippen LogP contribution in [0, 0.1) is 6.92 Å². The molecule has 0 spiro atoms. The van der Waals surface area contributed by atoms with Gasteiger partial charge in [0.1, 0.15) is 5.75 Å². The van der Waals surface area contributed by atoms with Crippen molar-refractivity contribution >= 4 is 0 Å². The second kappa shape index (κ2) is 7.78. The van der Waals surface area contributed by atoms with Crippen molar-refractivity contribution in [3.8, 4) is 5.75 Å². The van der Waals surface area contributed by atoms with E-state index in [0.29, 0.717) is 6.10 Å². The molecular weight excluding hydrogens is 264 g/mol. The first-order valence-corrected chi connectivity index (χ1v) is 7.76. The Hall–Kier alpha value is -1.10. The molecule has 4 heteroatoms. The van der Waals surface area contributed by atoms with Gasteiger partial charge in [0.05, 0.1) is 13.2 Å². The van der Waals surface area contributed by atoms with Crippen molar-refractivity contribution in [1.82, 2.24) is 10.2 Å². The maximum atomic E-state index is 5.72. The highest BCUT2D eigenvalue weighted by Crippen LogP contribution is 2.27. The van der Waals surface area contributed by atoms with Gasteiger partial charge in [-0.2, -0.15) is 0 Å². The van der Waals surface area contributed by atoms with Crippen LogP contribution >= 0.6 is 0 Å². The molecule has 2 atom stereocenters.